The van der Waals surface area contributed by atoms with Gasteiger partial charge < -0.3 is 4.74 Å². The van der Waals surface area contributed by atoms with Crippen LogP contribution in [0.4, 0.5) is 5.13 Å². The van der Waals surface area contributed by atoms with Crippen LogP contribution in [0.2, 0.25) is 0 Å². The highest BCUT2D eigenvalue weighted by Gasteiger charge is 2.22. The number of amides is 1. The molecule has 158 valence electrons. The lowest BCUT2D eigenvalue weighted by Crippen LogP contribution is -2.31. The van der Waals surface area contributed by atoms with Crippen molar-refractivity contribution in [1.82, 2.24) is 9.97 Å². The molecule has 0 N–H and O–H groups in total. The molecule has 0 radical (unpaired) electrons. The van der Waals surface area contributed by atoms with E-state index in [0.29, 0.717) is 24.7 Å². The second kappa shape index (κ2) is 9.71. The molecule has 0 saturated carbocycles. The van der Waals surface area contributed by atoms with E-state index < -0.39 is 0 Å². The number of ether oxygens (including phenoxy) is 1. The maximum atomic E-state index is 13.4. The molecule has 0 aliphatic carbocycles. The van der Waals surface area contributed by atoms with Crippen LogP contribution in [0.5, 0.6) is 5.75 Å². The predicted octanol–water partition coefficient (Wildman–Crippen LogP) is 5.43. The second-order valence-electron chi connectivity index (χ2n) is 7.22. The molecule has 2 heterocycles. The number of carbonyl (C=O) groups excluding carboxylic acids is 1. The van der Waals surface area contributed by atoms with Crippen LogP contribution >= 0.6 is 11.3 Å². The van der Waals surface area contributed by atoms with Crippen molar-refractivity contribution in [2.45, 2.75) is 33.2 Å². The first kappa shape index (κ1) is 21.0. The molecule has 4 aromatic rings. The fourth-order valence-electron chi connectivity index (χ4n) is 3.40. The normalized spacial score (nSPS) is 10.9. The number of hydrogen-bond acceptors (Lipinski definition) is 5. The van der Waals surface area contributed by atoms with Gasteiger partial charge in [-0.3, -0.25) is 14.7 Å². The van der Waals surface area contributed by atoms with Crippen molar-refractivity contribution in [3.05, 3.63) is 83.7 Å². The van der Waals surface area contributed by atoms with E-state index in [1.807, 2.05) is 49.4 Å². The Balaban J connectivity index is 1.67. The van der Waals surface area contributed by atoms with Gasteiger partial charge >= 0.3 is 0 Å². The minimum Gasteiger partial charge on any atom is -0.492 e. The van der Waals surface area contributed by atoms with Gasteiger partial charge in [-0.05, 0) is 48.2 Å². The number of para-hydroxylation sites is 1. The molecule has 0 aliphatic heterocycles. The number of carbonyl (C=O) groups is 1. The molecule has 6 heteroatoms. The van der Waals surface area contributed by atoms with Gasteiger partial charge in [0.25, 0.3) is 0 Å². The monoisotopic (exact) mass is 431 g/mol. The van der Waals surface area contributed by atoms with Gasteiger partial charge in [0.15, 0.2) is 5.13 Å². The van der Waals surface area contributed by atoms with Gasteiger partial charge in [0, 0.05) is 12.4 Å². The van der Waals surface area contributed by atoms with Crippen LogP contribution in [-0.2, 0) is 24.2 Å². The van der Waals surface area contributed by atoms with Crippen LogP contribution < -0.4 is 9.64 Å². The van der Waals surface area contributed by atoms with Gasteiger partial charge in [0.05, 0.1) is 24.3 Å². The molecular formula is C25H25N3O2S. The molecule has 0 aliphatic rings. The van der Waals surface area contributed by atoms with Crippen LogP contribution in [0.3, 0.4) is 0 Å². The Bertz CT molecular complexity index is 1160. The summed E-state index contributed by atoms with van der Waals surface area (Å²) in [7, 11) is 0. The molecule has 31 heavy (non-hydrogen) atoms. The zero-order chi connectivity index (χ0) is 21.6. The fraction of sp³-hybridized carbons (Fsp3) is 0.240. The molecule has 0 fully saturated rings. The van der Waals surface area contributed by atoms with E-state index in [4.69, 9.17) is 9.72 Å². The lowest BCUT2D eigenvalue weighted by Gasteiger charge is -2.20. The number of thiazole rings is 1. The summed E-state index contributed by atoms with van der Waals surface area (Å²) in [6.07, 6.45) is 4.82. The van der Waals surface area contributed by atoms with E-state index in [-0.39, 0.29) is 5.91 Å². The molecule has 0 spiro atoms. The Labute approximate surface area is 186 Å². The zero-order valence-electron chi connectivity index (χ0n) is 17.7. The Morgan fingerprint density at radius 2 is 1.81 bits per heavy atom. The Morgan fingerprint density at radius 3 is 2.52 bits per heavy atom. The molecule has 0 atom stereocenters. The first-order chi connectivity index (χ1) is 15.2. The van der Waals surface area contributed by atoms with E-state index >= 15 is 0 Å². The van der Waals surface area contributed by atoms with Crippen molar-refractivity contribution in [3.8, 4) is 5.75 Å². The summed E-state index contributed by atoms with van der Waals surface area (Å²) in [5, 5.41) is 0.668. The summed E-state index contributed by atoms with van der Waals surface area (Å²) < 4.78 is 6.74. The van der Waals surface area contributed by atoms with Crippen molar-refractivity contribution >= 4 is 32.6 Å². The minimum absolute atomic E-state index is 0.00474. The van der Waals surface area contributed by atoms with Crippen LogP contribution in [0, 0.1) is 0 Å². The van der Waals surface area contributed by atoms with E-state index in [1.54, 1.807) is 17.3 Å². The lowest BCUT2D eigenvalue weighted by atomic mass is 10.1. The van der Waals surface area contributed by atoms with Gasteiger partial charge in [0.1, 0.15) is 11.3 Å². The smallest absolute Gasteiger partial charge is 0.233 e. The van der Waals surface area contributed by atoms with Gasteiger partial charge in [-0.2, -0.15) is 0 Å². The van der Waals surface area contributed by atoms with Crippen LogP contribution in [0.25, 0.3) is 10.2 Å². The number of pyridine rings is 1. The summed E-state index contributed by atoms with van der Waals surface area (Å²) in [5.41, 5.74) is 4.01. The van der Waals surface area contributed by atoms with Gasteiger partial charge in [0.2, 0.25) is 5.91 Å². The predicted molar refractivity (Wildman–Crippen MR) is 126 cm³/mol. The van der Waals surface area contributed by atoms with Crippen LogP contribution in [0.1, 0.15) is 30.5 Å². The summed E-state index contributed by atoms with van der Waals surface area (Å²) in [4.78, 5) is 24.2. The SMILES string of the molecule is CCOc1cccc2sc(N(Cc3cccnc3)C(=O)Cc3ccc(CC)cc3)nc12. The average molecular weight is 432 g/mol. The Morgan fingerprint density at radius 1 is 1.00 bits per heavy atom. The van der Waals surface area contributed by atoms with Crippen LogP contribution in [0.15, 0.2) is 67.0 Å². The molecule has 0 bridgehead atoms. The third-order valence-electron chi connectivity index (χ3n) is 5.05. The molecule has 0 unspecified atom stereocenters. The van der Waals surface area contributed by atoms with Crippen molar-refractivity contribution in [3.63, 3.8) is 0 Å². The topological polar surface area (TPSA) is 55.3 Å². The number of aryl methyl sites for hydroxylation is 1. The number of fused-ring (bicyclic) bond motifs is 1. The summed E-state index contributed by atoms with van der Waals surface area (Å²) in [6.45, 7) is 5.06. The van der Waals surface area contributed by atoms with Gasteiger partial charge in [-0.1, -0.05) is 54.7 Å². The number of nitrogens with zero attached hydrogens (tertiary/aromatic N) is 3. The van der Waals surface area contributed by atoms with Crippen molar-refractivity contribution in [2.24, 2.45) is 0 Å². The van der Waals surface area contributed by atoms with Gasteiger partial charge in [-0.15, -0.1) is 0 Å². The quantitative estimate of drug-likeness (QED) is 0.373. The Hall–Kier alpha value is -3.25. The summed E-state index contributed by atoms with van der Waals surface area (Å²) in [6, 6.07) is 18.0. The lowest BCUT2D eigenvalue weighted by molar-refractivity contribution is -0.118. The number of hydrogen-bond donors (Lipinski definition) is 0. The summed E-state index contributed by atoms with van der Waals surface area (Å²) in [5.74, 6) is 0.747. The van der Waals surface area contributed by atoms with Crippen LogP contribution in [-0.4, -0.2) is 22.5 Å². The fourth-order valence-corrected chi connectivity index (χ4v) is 4.40. The van der Waals surface area contributed by atoms with Crippen molar-refractivity contribution in [2.75, 3.05) is 11.5 Å². The number of anilines is 1. The van der Waals surface area contributed by atoms with Crippen molar-refractivity contribution < 1.29 is 9.53 Å². The number of rotatable bonds is 8. The largest absolute Gasteiger partial charge is 0.492 e. The molecule has 4 rings (SSSR count). The third kappa shape index (κ3) is 4.91. The standard InChI is InChI=1S/C25H25N3O2S/c1-3-18-10-12-19(13-11-18)15-23(29)28(17-20-7-6-14-26-16-20)25-27-24-21(30-4-2)8-5-9-22(24)31-25/h5-14,16H,3-4,15,17H2,1-2H3. The zero-order valence-corrected chi connectivity index (χ0v) is 18.6. The van der Waals surface area contributed by atoms with Crippen molar-refractivity contribution in [1.29, 1.82) is 0 Å². The Kier molecular flexibility index (Phi) is 6.57. The number of benzene rings is 2. The molecule has 2 aromatic carbocycles. The maximum Gasteiger partial charge on any atom is 0.233 e. The molecule has 1 amide bonds. The second-order valence-corrected chi connectivity index (χ2v) is 8.23. The molecule has 0 saturated heterocycles. The highest BCUT2D eigenvalue weighted by atomic mass is 32.1. The average Bonchev–Trinajstić information content (AvgIpc) is 3.24. The molecule has 5 nitrogen and oxygen atoms in total. The highest BCUT2D eigenvalue weighted by molar-refractivity contribution is 7.22. The summed E-state index contributed by atoms with van der Waals surface area (Å²) >= 11 is 1.50. The number of aromatic nitrogens is 2. The van der Waals surface area contributed by atoms with E-state index in [9.17, 15) is 4.79 Å². The van der Waals surface area contributed by atoms with E-state index in [0.717, 1.165) is 33.5 Å². The van der Waals surface area contributed by atoms with E-state index in [1.165, 1.54) is 16.9 Å². The molecule has 2 aromatic heterocycles. The molecular weight excluding hydrogens is 406 g/mol. The first-order valence-corrected chi connectivity index (χ1v) is 11.3. The minimum atomic E-state index is 0.00474. The van der Waals surface area contributed by atoms with E-state index in [2.05, 4.69) is 24.0 Å². The third-order valence-corrected chi connectivity index (χ3v) is 6.10. The highest BCUT2D eigenvalue weighted by Crippen LogP contribution is 2.35. The van der Waals surface area contributed by atoms with Gasteiger partial charge in [-0.25, -0.2) is 4.98 Å². The first-order valence-electron chi connectivity index (χ1n) is 10.5. The maximum absolute atomic E-state index is 13.4.